The first kappa shape index (κ1) is 18.2. The van der Waals surface area contributed by atoms with Gasteiger partial charge in [0.05, 0.1) is 5.39 Å². The average Bonchev–Trinajstić information content (AvgIpc) is 2.68. The number of benzene rings is 1. The Labute approximate surface area is 162 Å². The fourth-order valence-corrected chi connectivity index (χ4v) is 3.53. The minimum absolute atomic E-state index is 0.203. The lowest BCUT2D eigenvalue weighted by molar-refractivity contribution is -0.131. The van der Waals surface area contributed by atoms with E-state index in [2.05, 4.69) is 26.8 Å². The van der Waals surface area contributed by atoms with E-state index in [4.69, 9.17) is 4.74 Å². The molecule has 1 aliphatic rings. The first-order chi connectivity index (χ1) is 13.5. The molecule has 1 fully saturated rings. The third-order valence-electron chi connectivity index (χ3n) is 5.11. The zero-order valence-electron chi connectivity index (χ0n) is 15.9. The first-order valence-electron chi connectivity index (χ1n) is 9.44. The number of nitrogens with zero attached hydrogens (tertiary/aromatic N) is 3. The molecule has 0 unspecified atom stereocenters. The molecule has 1 aromatic carbocycles. The molecular weight excluding hydrogens is 356 g/mol. The number of piperidine rings is 1. The van der Waals surface area contributed by atoms with Gasteiger partial charge < -0.3 is 9.64 Å². The number of nitrogens with one attached hydrogen (secondary N) is 1. The topological polar surface area (TPSA) is 88.2 Å². The molecule has 1 saturated heterocycles. The van der Waals surface area contributed by atoms with Crippen LogP contribution in [0, 0.1) is 5.92 Å². The van der Waals surface area contributed by atoms with Crippen molar-refractivity contribution in [2.24, 2.45) is 5.92 Å². The second-order valence-corrected chi connectivity index (χ2v) is 7.23. The van der Waals surface area contributed by atoms with E-state index >= 15 is 0 Å². The van der Waals surface area contributed by atoms with Gasteiger partial charge in [0.1, 0.15) is 5.75 Å². The highest BCUT2D eigenvalue weighted by Crippen LogP contribution is 2.27. The Balaban J connectivity index is 1.72. The highest BCUT2D eigenvalue weighted by Gasteiger charge is 2.19. The van der Waals surface area contributed by atoms with Gasteiger partial charge in [-0.3, -0.25) is 14.6 Å². The highest BCUT2D eigenvalue weighted by atomic mass is 16.5. The van der Waals surface area contributed by atoms with Gasteiger partial charge in [0, 0.05) is 26.2 Å². The molecule has 0 spiro atoms. The Morgan fingerprint density at radius 2 is 1.89 bits per heavy atom. The molecule has 0 aliphatic carbocycles. The first-order valence-corrected chi connectivity index (χ1v) is 9.44. The zero-order valence-corrected chi connectivity index (χ0v) is 15.9. The van der Waals surface area contributed by atoms with Crippen molar-refractivity contribution in [1.82, 2.24) is 15.0 Å². The van der Waals surface area contributed by atoms with Gasteiger partial charge in [-0.25, -0.2) is 4.98 Å². The number of aromatic amines is 1. The minimum Gasteiger partial charge on any atom is -0.427 e. The summed E-state index contributed by atoms with van der Waals surface area (Å²) >= 11 is 0. The molecule has 7 heteroatoms. The van der Waals surface area contributed by atoms with Gasteiger partial charge in [-0.15, -0.1) is 0 Å². The van der Waals surface area contributed by atoms with Crippen LogP contribution in [-0.2, 0) is 4.79 Å². The molecule has 0 bridgehead atoms. The summed E-state index contributed by atoms with van der Waals surface area (Å²) in [5, 5.41) is 0.455. The molecular formula is C21H22N4O3. The maximum absolute atomic E-state index is 12.9. The van der Waals surface area contributed by atoms with Crippen molar-refractivity contribution >= 4 is 23.0 Å². The maximum atomic E-state index is 12.9. The van der Waals surface area contributed by atoms with Gasteiger partial charge in [-0.2, -0.15) is 4.98 Å². The number of anilines is 1. The number of fused-ring (bicyclic) bond motifs is 1. The number of rotatable bonds is 3. The lowest BCUT2D eigenvalue weighted by Gasteiger charge is -2.30. The Morgan fingerprint density at radius 1 is 1.18 bits per heavy atom. The molecule has 2 aromatic heterocycles. The summed E-state index contributed by atoms with van der Waals surface area (Å²) in [5.41, 5.74) is 1.80. The summed E-state index contributed by atoms with van der Waals surface area (Å²) in [5.74, 6) is 1.37. The van der Waals surface area contributed by atoms with Crippen molar-refractivity contribution in [3.05, 3.63) is 46.9 Å². The number of carbonyl (C=O) groups is 1. The van der Waals surface area contributed by atoms with Gasteiger partial charge in [-0.1, -0.05) is 19.1 Å². The van der Waals surface area contributed by atoms with Gasteiger partial charge in [0.2, 0.25) is 5.95 Å². The van der Waals surface area contributed by atoms with Crippen molar-refractivity contribution < 1.29 is 9.53 Å². The fraction of sp³-hybridized carbons (Fsp3) is 0.333. The van der Waals surface area contributed by atoms with Crippen LogP contribution >= 0.6 is 0 Å². The number of aromatic nitrogens is 3. The van der Waals surface area contributed by atoms with E-state index < -0.39 is 0 Å². The molecule has 0 atom stereocenters. The third kappa shape index (κ3) is 3.60. The molecule has 0 saturated carbocycles. The second kappa shape index (κ2) is 7.42. The standard InChI is InChI=1S/C21H22N4O3/c1-13-8-11-25(12-9-13)21-23-19-18(20(27)24-21)17(7-10-22-19)15-3-5-16(6-4-15)28-14(2)26/h3-7,10,13H,8-9,11-12H2,1-2H3,(H,22,23,24,27). The molecule has 1 N–H and O–H groups in total. The molecule has 0 amide bonds. The lowest BCUT2D eigenvalue weighted by atomic mass is 10.00. The monoisotopic (exact) mass is 378 g/mol. The molecule has 3 aromatic rings. The van der Waals surface area contributed by atoms with Crippen molar-refractivity contribution in [1.29, 1.82) is 0 Å². The van der Waals surface area contributed by atoms with Crippen LogP contribution in [0.2, 0.25) is 0 Å². The van der Waals surface area contributed by atoms with Crippen molar-refractivity contribution in [2.75, 3.05) is 18.0 Å². The van der Waals surface area contributed by atoms with E-state index in [0.29, 0.717) is 28.6 Å². The smallest absolute Gasteiger partial charge is 0.308 e. The number of hydrogen-bond donors (Lipinski definition) is 1. The summed E-state index contributed by atoms with van der Waals surface area (Å²) in [6.45, 7) is 5.37. The van der Waals surface area contributed by atoms with E-state index in [1.807, 2.05) is 12.1 Å². The Kier molecular flexibility index (Phi) is 4.81. The van der Waals surface area contributed by atoms with Crippen molar-refractivity contribution in [3.8, 4) is 16.9 Å². The van der Waals surface area contributed by atoms with Crippen LogP contribution in [0.3, 0.4) is 0 Å². The largest absolute Gasteiger partial charge is 0.427 e. The zero-order chi connectivity index (χ0) is 19.7. The summed E-state index contributed by atoms with van der Waals surface area (Å²) in [6, 6.07) is 8.82. The van der Waals surface area contributed by atoms with Crippen LogP contribution in [0.15, 0.2) is 41.3 Å². The van der Waals surface area contributed by atoms with E-state index in [0.717, 1.165) is 37.1 Å². The van der Waals surface area contributed by atoms with Crippen LogP contribution < -0.4 is 15.2 Å². The predicted octanol–water partition coefficient (Wildman–Crippen LogP) is 3.15. The van der Waals surface area contributed by atoms with Gasteiger partial charge in [0.15, 0.2) is 5.65 Å². The fourth-order valence-electron chi connectivity index (χ4n) is 3.53. The van der Waals surface area contributed by atoms with Crippen LogP contribution in [0.5, 0.6) is 5.75 Å². The lowest BCUT2D eigenvalue weighted by Crippen LogP contribution is -2.35. The van der Waals surface area contributed by atoms with Crippen molar-refractivity contribution in [3.63, 3.8) is 0 Å². The predicted molar refractivity (Wildman–Crippen MR) is 108 cm³/mol. The maximum Gasteiger partial charge on any atom is 0.308 e. The highest BCUT2D eigenvalue weighted by molar-refractivity contribution is 5.92. The number of H-pyrrole nitrogens is 1. The summed E-state index contributed by atoms with van der Waals surface area (Å²) < 4.78 is 5.07. The quantitative estimate of drug-likeness (QED) is 0.556. The minimum atomic E-state index is -0.373. The molecule has 3 heterocycles. The van der Waals surface area contributed by atoms with Crippen LogP contribution in [0.1, 0.15) is 26.7 Å². The van der Waals surface area contributed by atoms with E-state index in [1.54, 1.807) is 24.4 Å². The average molecular weight is 378 g/mol. The normalized spacial score (nSPS) is 15.0. The summed E-state index contributed by atoms with van der Waals surface area (Å²) in [7, 11) is 0. The molecule has 28 heavy (non-hydrogen) atoms. The summed E-state index contributed by atoms with van der Waals surface area (Å²) in [4.78, 5) is 38.0. The van der Waals surface area contributed by atoms with E-state index in [-0.39, 0.29) is 11.5 Å². The molecule has 4 rings (SSSR count). The van der Waals surface area contributed by atoms with E-state index in [1.165, 1.54) is 6.92 Å². The number of hydrogen-bond acceptors (Lipinski definition) is 6. The van der Waals surface area contributed by atoms with Crippen molar-refractivity contribution in [2.45, 2.75) is 26.7 Å². The number of ether oxygens (including phenoxy) is 1. The van der Waals surface area contributed by atoms with Crippen LogP contribution in [0.4, 0.5) is 5.95 Å². The van der Waals surface area contributed by atoms with E-state index in [9.17, 15) is 9.59 Å². The van der Waals surface area contributed by atoms with Gasteiger partial charge >= 0.3 is 5.97 Å². The number of pyridine rings is 1. The second-order valence-electron chi connectivity index (χ2n) is 7.23. The molecule has 0 radical (unpaired) electrons. The van der Waals surface area contributed by atoms with Gasteiger partial charge in [-0.05, 0) is 48.1 Å². The summed E-state index contributed by atoms with van der Waals surface area (Å²) in [6.07, 6.45) is 3.83. The SMILES string of the molecule is CC(=O)Oc1ccc(-c2ccnc3nc(N4CCC(C)CC4)[nH]c(=O)c23)cc1. The Bertz CT molecular complexity index is 1070. The molecule has 1 aliphatic heterocycles. The number of esters is 1. The Morgan fingerprint density at radius 3 is 2.57 bits per heavy atom. The third-order valence-corrected chi connectivity index (χ3v) is 5.11. The van der Waals surface area contributed by atoms with Crippen LogP contribution in [-0.4, -0.2) is 34.0 Å². The van der Waals surface area contributed by atoms with Crippen LogP contribution in [0.25, 0.3) is 22.2 Å². The Hall–Kier alpha value is -3.22. The molecule has 7 nitrogen and oxygen atoms in total. The van der Waals surface area contributed by atoms with Gasteiger partial charge in [0.25, 0.3) is 5.56 Å². The number of carbonyl (C=O) groups excluding carboxylic acids is 1. The molecule has 144 valence electrons.